The van der Waals surface area contributed by atoms with Crippen molar-refractivity contribution in [2.24, 2.45) is 0 Å². The Balaban J connectivity index is 2.55. The number of nitrogens with zero attached hydrogens (tertiary/aromatic N) is 3. The van der Waals surface area contributed by atoms with Crippen LogP contribution in [0.4, 0.5) is 0 Å². The van der Waals surface area contributed by atoms with E-state index in [-0.39, 0.29) is 0 Å². The Morgan fingerprint density at radius 1 is 1.13 bits per heavy atom. The number of hydrogen-bond donors (Lipinski definition) is 0. The fourth-order valence-electron chi connectivity index (χ4n) is 1.23. The lowest BCUT2D eigenvalue weighted by Crippen LogP contribution is -1.90. The van der Waals surface area contributed by atoms with Gasteiger partial charge in [-0.15, -0.1) is 0 Å². The predicted molar refractivity (Wildman–Crippen MR) is 59.9 cm³/mol. The first kappa shape index (κ1) is 9.81. The molecule has 0 saturated heterocycles. The quantitative estimate of drug-likeness (QED) is 0.792. The van der Waals surface area contributed by atoms with Gasteiger partial charge in [0.25, 0.3) is 0 Å². The third-order valence-corrected chi connectivity index (χ3v) is 2.32. The van der Waals surface area contributed by atoms with Crippen molar-refractivity contribution in [3.05, 3.63) is 46.7 Å². The van der Waals surface area contributed by atoms with Crippen LogP contribution in [0, 0.1) is 11.3 Å². The summed E-state index contributed by atoms with van der Waals surface area (Å²) in [5.41, 5.74) is 1.34. The third-order valence-electron chi connectivity index (χ3n) is 1.91. The Bertz CT molecular complexity index is 514. The molecule has 15 heavy (non-hydrogen) atoms. The molecule has 2 aromatic rings. The number of hydrogen-bond acceptors (Lipinski definition) is 3. The summed E-state index contributed by atoms with van der Waals surface area (Å²) < 4.78 is 0.820. The second-order valence-corrected chi connectivity index (χ2v) is 3.80. The molecule has 0 spiro atoms. The smallest absolute Gasteiger partial charge is 0.160 e. The van der Waals surface area contributed by atoms with Gasteiger partial charge in [0.15, 0.2) is 5.82 Å². The number of aromatic nitrogens is 2. The molecule has 0 N–H and O–H groups in total. The van der Waals surface area contributed by atoms with Crippen molar-refractivity contribution in [2.45, 2.75) is 0 Å². The summed E-state index contributed by atoms with van der Waals surface area (Å²) >= 11 is 3.26. The van der Waals surface area contributed by atoms with Gasteiger partial charge < -0.3 is 0 Å². The fraction of sp³-hybridized carbons (Fsp3) is 0. The van der Waals surface area contributed by atoms with Crippen LogP contribution in [0.2, 0.25) is 0 Å². The van der Waals surface area contributed by atoms with Crippen LogP contribution in [0.5, 0.6) is 0 Å². The van der Waals surface area contributed by atoms with Crippen LogP contribution in [0.3, 0.4) is 0 Å². The second kappa shape index (κ2) is 4.20. The van der Waals surface area contributed by atoms with Crippen LogP contribution in [0.25, 0.3) is 11.4 Å². The molecule has 0 saturated carbocycles. The zero-order valence-electron chi connectivity index (χ0n) is 7.68. The molecule has 0 radical (unpaired) electrons. The Morgan fingerprint density at radius 3 is 2.47 bits per heavy atom. The predicted octanol–water partition coefficient (Wildman–Crippen LogP) is 2.78. The van der Waals surface area contributed by atoms with E-state index in [0.717, 1.165) is 10.0 Å². The molecule has 2 rings (SSSR count). The molecule has 1 aromatic carbocycles. The first-order valence-corrected chi connectivity index (χ1v) is 5.07. The summed E-state index contributed by atoms with van der Waals surface area (Å²) in [6.07, 6.45) is 3.33. The van der Waals surface area contributed by atoms with Gasteiger partial charge in [-0.1, -0.05) is 12.1 Å². The summed E-state index contributed by atoms with van der Waals surface area (Å²) in [6.45, 7) is 0. The molecule has 0 unspecified atom stereocenters. The van der Waals surface area contributed by atoms with Crippen molar-refractivity contribution < 1.29 is 0 Å². The highest BCUT2D eigenvalue weighted by atomic mass is 79.9. The molecular formula is C11H6BrN3. The molecule has 1 heterocycles. The van der Waals surface area contributed by atoms with Crippen LogP contribution < -0.4 is 0 Å². The molecule has 3 nitrogen and oxygen atoms in total. The van der Waals surface area contributed by atoms with Crippen molar-refractivity contribution in [1.29, 1.82) is 5.26 Å². The van der Waals surface area contributed by atoms with E-state index in [1.807, 2.05) is 18.2 Å². The lowest BCUT2D eigenvalue weighted by molar-refractivity contribution is 1.16. The molecule has 1 aromatic heterocycles. The van der Waals surface area contributed by atoms with Gasteiger partial charge in [0.2, 0.25) is 0 Å². The standard InChI is InChI=1S/C11H6BrN3/c12-9-6-14-11(15-7-9)10-4-2-1-3-8(10)5-13/h1-4,6-7H. The van der Waals surface area contributed by atoms with Gasteiger partial charge in [-0.2, -0.15) is 5.26 Å². The van der Waals surface area contributed by atoms with Crippen LogP contribution >= 0.6 is 15.9 Å². The van der Waals surface area contributed by atoms with Crippen molar-refractivity contribution in [1.82, 2.24) is 9.97 Å². The average Bonchev–Trinajstić information content (AvgIpc) is 2.30. The van der Waals surface area contributed by atoms with E-state index in [1.165, 1.54) is 0 Å². The van der Waals surface area contributed by atoms with Crippen LogP contribution in [0.1, 0.15) is 5.56 Å². The highest BCUT2D eigenvalue weighted by molar-refractivity contribution is 9.10. The summed E-state index contributed by atoms with van der Waals surface area (Å²) in [6, 6.07) is 9.39. The number of rotatable bonds is 1. The molecule has 0 atom stereocenters. The van der Waals surface area contributed by atoms with Crippen molar-refractivity contribution in [3.8, 4) is 17.5 Å². The van der Waals surface area contributed by atoms with Gasteiger partial charge in [0.1, 0.15) is 0 Å². The summed E-state index contributed by atoms with van der Waals surface area (Å²) in [5.74, 6) is 0.565. The molecule has 0 amide bonds. The Kier molecular flexibility index (Phi) is 2.75. The summed E-state index contributed by atoms with van der Waals surface area (Å²) in [7, 11) is 0. The van der Waals surface area contributed by atoms with E-state index in [9.17, 15) is 0 Å². The van der Waals surface area contributed by atoms with Gasteiger partial charge >= 0.3 is 0 Å². The average molecular weight is 260 g/mol. The molecule has 72 valence electrons. The maximum atomic E-state index is 8.92. The minimum absolute atomic E-state index is 0.565. The maximum Gasteiger partial charge on any atom is 0.160 e. The Labute approximate surface area is 95.6 Å². The van der Waals surface area contributed by atoms with E-state index >= 15 is 0 Å². The first-order valence-electron chi connectivity index (χ1n) is 4.28. The van der Waals surface area contributed by atoms with Crippen LogP contribution in [-0.4, -0.2) is 9.97 Å². The highest BCUT2D eigenvalue weighted by Gasteiger charge is 2.05. The SMILES string of the molecule is N#Cc1ccccc1-c1ncc(Br)cn1. The molecule has 0 fully saturated rings. The van der Waals surface area contributed by atoms with E-state index < -0.39 is 0 Å². The monoisotopic (exact) mass is 259 g/mol. The second-order valence-electron chi connectivity index (χ2n) is 2.88. The van der Waals surface area contributed by atoms with Crippen LogP contribution in [0.15, 0.2) is 41.1 Å². The fourth-order valence-corrected chi connectivity index (χ4v) is 1.43. The summed E-state index contributed by atoms with van der Waals surface area (Å²) in [5, 5.41) is 8.92. The third kappa shape index (κ3) is 2.03. The number of halogens is 1. The van der Waals surface area contributed by atoms with E-state index in [0.29, 0.717) is 11.4 Å². The molecular weight excluding hydrogens is 254 g/mol. The van der Waals surface area contributed by atoms with Gasteiger partial charge in [-0.3, -0.25) is 0 Å². The lowest BCUT2D eigenvalue weighted by Gasteiger charge is -2.01. The molecule has 0 aliphatic rings. The van der Waals surface area contributed by atoms with Gasteiger partial charge in [0.05, 0.1) is 16.1 Å². The minimum atomic E-state index is 0.565. The highest BCUT2D eigenvalue weighted by Crippen LogP contribution is 2.19. The lowest BCUT2D eigenvalue weighted by atomic mass is 10.1. The van der Waals surface area contributed by atoms with E-state index in [4.69, 9.17) is 5.26 Å². The normalized spacial score (nSPS) is 9.60. The number of nitriles is 1. The first-order chi connectivity index (χ1) is 7.31. The molecule has 0 aliphatic heterocycles. The zero-order chi connectivity index (χ0) is 10.7. The molecule has 4 heteroatoms. The molecule has 0 bridgehead atoms. The Morgan fingerprint density at radius 2 is 1.80 bits per heavy atom. The van der Waals surface area contributed by atoms with Gasteiger partial charge in [-0.05, 0) is 28.1 Å². The topological polar surface area (TPSA) is 49.6 Å². The van der Waals surface area contributed by atoms with E-state index in [1.54, 1.807) is 18.5 Å². The maximum absolute atomic E-state index is 8.92. The van der Waals surface area contributed by atoms with Gasteiger partial charge in [0, 0.05) is 18.0 Å². The zero-order valence-corrected chi connectivity index (χ0v) is 9.27. The Hall–Kier alpha value is -1.73. The van der Waals surface area contributed by atoms with Crippen molar-refractivity contribution in [3.63, 3.8) is 0 Å². The van der Waals surface area contributed by atoms with Gasteiger partial charge in [-0.25, -0.2) is 9.97 Å². The van der Waals surface area contributed by atoms with Crippen molar-refractivity contribution in [2.75, 3.05) is 0 Å². The minimum Gasteiger partial charge on any atom is -0.235 e. The summed E-state index contributed by atoms with van der Waals surface area (Å²) in [4.78, 5) is 8.30. The largest absolute Gasteiger partial charge is 0.235 e. The molecule has 0 aliphatic carbocycles. The van der Waals surface area contributed by atoms with E-state index in [2.05, 4.69) is 32.0 Å². The number of benzene rings is 1. The van der Waals surface area contributed by atoms with Crippen molar-refractivity contribution >= 4 is 15.9 Å². The van der Waals surface area contributed by atoms with Crippen LogP contribution in [-0.2, 0) is 0 Å².